The molecule has 0 N–H and O–H groups in total. The van der Waals surface area contributed by atoms with E-state index in [1.54, 1.807) is 0 Å². The lowest BCUT2D eigenvalue weighted by Gasteiger charge is -2.18. The van der Waals surface area contributed by atoms with Gasteiger partial charge >= 0.3 is 0 Å². The van der Waals surface area contributed by atoms with Gasteiger partial charge in [-0.15, -0.1) is 0 Å². The molecule has 17 heavy (non-hydrogen) atoms. The highest BCUT2D eigenvalue weighted by Crippen LogP contribution is 2.53. The Morgan fingerprint density at radius 2 is 1.94 bits per heavy atom. The molecule has 1 aromatic rings. The van der Waals surface area contributed by atoms with E-state index < -0.39 is 0 Å². The van der Waals surface area contributed by atoms with Crippen LogP contribution in [0.25, 0.3) is 0 Å². The molecule has 1 saturated carbocycles. The summed E-state index contributed by atoms with van der Waals surface area (Å²) in [5.74, 6) is 0.696. The highest BCUT2D eigenvalue weighted by molar-refractivity contribution is 5.13. The van der Waals surface area contributed by atoms with Crippen molar-refractivity contribution in [2.75, 3.05) is 6.61 Å². The molecule has 0 aliphatic heterocycles. The molecule has 1 aliphatic carbocycles. The first-order valence-corrected chi connectivity index (χ1v) is 6.86. The fraction of sp³-hybridized carbons (Fsp3) is 0.625. The third-order valence-electron chi connectivity index (χ3n) is 4.00. The fourth-order valence-electron chi connectivity index (χ4n) is 2.63. The molecular weight excluding hydrogens is 208 g/mol. The van der Waals surface area contributed by atoms with E-state index in [9.17, 15) is 0 Å². The van der Waals surface area contributed by atoms with Crippen LogP contribution in [0.15, 0.2) is 30.3 Å². The summed E-state index contributed by atoms with van der Waals surface area (Å²) in [7, 11) is 0. The van der Waals surface area contributed by atoms with Crippen molar-refractivity contribution in [1.29, 1.82) is 0 Å². The zero-order chi connectivity index (χ0) is 12.1. The van der Waals surface area contributed by atoms with Gasteiger partial charge in [0.05, 0.1) is 6.61 Å². The van der Waals surface area contributed by atoms with E-state index in [0.717, 1.165) is 13.2 Å². The fourth-order valence-corrected chi connectivity index (χ4v) is 2.63. The van der Waals surface area contributed by atoms with Crippen LogP contribution in [0.1, 0.15) is 45.1 Å². The molecule has 0 spiro atoms. The molecule has 1 heteroatoms. The van der Waals surface area contributed by atoms with E-state index in [-0.39, 0.29) is 0 Å². The molecule has 94 valence electrons. The highest BCUT2D eigenvalue weighted by Gasteiger charge is 2.41. The second-order valence-electron chi connectivity index (χ2n) is 5.66. The van der Waals surface area contributed by atoms with Crippen LogP contribution in [-0.4, -0.2) is 6.61 Å². The average Bonchev–Trinajstić information content (AvgIpc) is 3.11. The monoisotopic (exact) mass is 232 g/mol. The number of benzene rings is 1. The number of hydrogen-bond donors (Lipinski definition) is 0. The van der Waals surface area contributed by atoms with Crippen molar-refractivity contribution in [3.05, 3.63) is 35.9 Å². The summed E-state index contributed by atoms with van der Waals surface area (Å²) in [6.07, 6.45) is 5.56. The second-order valence-corrected chi connectivity index (χ2v) is 5.66. The molecule has 0 bridgehead atoms. The molecular formula is C16H24O. The lowest BCUT2D eigenvalue weighted by atomic mass is 9.91. The smallest absolute Gasteiger partial charge is 0.0717 e. The van der Waals surface area contributed by atoms with E-state index in [1.165, 1.54) is 31.2 Å². The van der Waals surface area contributed by atoms with E-state index >= 15 is 0 Å². The Labute approximate surface area is 105 Å². The van der Waals surface area contributed by atoms with E-state index in [2.05, 4.69) is 38.1 Å². The first-order chi connectivity index (χ1) is 8.24. The molecule has 0 heterocycles. The zero-order valence-corrected chi connectivity index (χ0v) is 11.1. The molecule has 0 saturated heterocycles. The highest BCUT2D eigenvalue weighted by atomic mass is 16.5. The van der Waals surface area contributed by atoms with Gasteiger partial charge in [-0.3, -0.25) is 0 Å². The summed E-state index contributed by atoms with van der Waals surface area (Å²) in [4.78, 5) is 0. The Kier molecular flexibility index (Phi) is 4.22. The Morgan fingerprint density at radius 1 is 1.24 bits per heavy atom. The maximum Gasteiger partial charge on any atom is 0.0717 e. The van der Waals surface area contributed by atoms with Gasteiger partial charge in [0, 0.05) is 6.61 Å². The van der Waals surface area contributed by atoms with E-state index in [0.29, 0.717) is 11.3 Å². The minimum absolute atomic E-state index is 0.690. The van der Waals surface area contributed by atoms with Crippen LogP contribution in [0.3, 0.4) is 0 Å². The minimum Gasteiger partial charge on any atom is -0.376 e. The van der Waals surface area contributed by atoms with Crippen molar-refractivity contribution in [1.82, 2.24) is 0 Å². The standard InChI is InChI=1S/C16H24O/c1-3-16(9-10-16)11-14(2)12-17-13-15-7-5-4-6-8-15/h4-8,14H,3,9-13H2,1-2H3. The Morgan fingerprint density at radius 3 is 2.53 bits per heavy atom. The van der Waals surface area contributed by atoms with Gasteiger partial charge < -0.3 is 4.74 Å². The van der Waals surface area contributed by atoms with Crippen molar-refractivity contribution in [3.63, 3.8) is 0 Å². The molecule has 0 aromatic heterocycles. The average molecular weight is 232 g/mol. The minimum atomic E-state index is 0.690. The van der Waals surface area contributed by atoms with Crippen LogP contribution in [-0.2, 0) is 11.3 Å². The number of hydrogen-bond acceptors (Lipinski definition) is 1. The summed E-state index contributed by atoms with van der Waals surface area (Å²) in [5.41, 5.74) is 1.96. The van der Waals surface area contributed by atoms with Gasteiger partial charge in [-0.25, -0.2) is 0 Å². The predicted octanol–water partition coefficient (Wildman–Crippen LogP) is 4.42. The normalized spacial score (nSPS) is 18.9. The van der Waals surface area contributed by atoms with E-state index in [1.807, 2.05) is 6.07 Å². The lowest BCUT2D eigenvalue weighted by Crippen LogP contribution is -2.12. The van der Waals surface area contributed by atoms with Crippen molar-refractivity contribution < 1.29 is 4.74 Å². The number of rotatable bonds is 7. The van der Waals surface area contributed by atoms with Crippen LogP contribution < -0.4 is 0 Å². The van der Waals surface area contributed by atoms with Gasteiger partial charge in [0.2, 0.25) is 0 Å². The molecule has 0 amide bonds. The van der Waals surface area contributed by atoms with Gasteiger partial charge in [0.1, 0.15) is 0 Å². The SMILES string of the molecule is CCC1(CC(C)COCc2ccccc2)CC1. The third kappa shape index (κ3) is 3.85. The quantitative estimate of drug-likeness (QED) is 0.676. The van der Waals surface area contributed by atoms with Gasteiger partial charge in [0.15, 0.2) is 0 Å². The van der Waals surface area contributed by atoms with Crippen LogP contribution in [0.4, 0.5) is 0 Å². The topological polar surface area (TPSA) is 9.23 Å². The van der Waals surface area contributed by atoms with Crippen molar-refractivity contribution in [2.24, 2.45) is 11.3 Å². The van der Waals surface area contributed by atoms with Gasteiger partial charge in [-0.1, -0.05) is 50.6 Å². The van der Waals surface area contributed by atoms with Crippen molar-refractivity contribution in [2.45, 2.75) is 46.1 Å². The van der Waals surface area contributed by atoms with Gasteiger partial charge in [-0.05, 0) is 36.2 Å². The summed E-state index contributed by atoms with van der Waals surface area (Å²) >= 11 is 0. The summed E-state index contributed by atoms with van der Waals surface area (Å²) in [6, 6.07) is 10.4. The third-order valence-corrected chi connectivity index (χ3v) is 4.00. The Bertz CT molecular complexity index is 327. The first-order valence-electron chi connectivity index (χ1n) is 6.86. The molecule has 1 aliphatic rings. The van der Waals surface area contributed by atoms with Gasteiger partial charge in [-0.2, -0.15) is 0 Å². The van der Waals surface area contributed by atoms with Crippen LogP contribution in [0.5, 0.6) is 0 Å². The molecule has 2 rings (SSSR count). The molecule has 0 radical (unpaired) electrons. The van der Waals surface area contributed by atoms with Crippen LogP contribution in [0.2, 0.25) is 0 Å². The summed E-state index contributed by atoms with van der Waals surface area (Å²) in [5, 5.41) is 0. The Balaban J connectivity index is 1.65. The molecule has 1 aromatic carbocycles. The molecule has 1 nitrogen and oxygen atoms in total. The van der Waals surface area contributed by atoms with Crippen molar-refractivity contribution >= 4 is 0 Å². The maximum absolute atomic E-state index is 5.80. The summed E-state index contributed by atoms with van der Waals surface area (Å²) in [6.45, 7) is 6.30. The molecule has 1 fully saturated rings. The van der Waals surface area contributed by atoms with E-state index in [4.69, 9.17) is 4.74 Å². The number of ether oxygens (including phenoxy) is 1. The first kappa shape index (κ1) is 12.6. The lowest BCUT2D eigenvalue weighted by molar-refractivity contribution is 0.0818. The maximum atomic E-state index is 5.80. The molecule has 1 unspecified atom stereocenters. The van der Waals surface area contributed by atoms with Gasteiger partial charge in [0.25, 0.3) is 0 Å². The van der Waals surface area contributed by atoms with Crippen molar-refractivity contribution in [3.8, 4) is 0 Å². The largest absolute Gasteiger partial charge is 0.376 e. The zero-order valence-electron chi connectivity index (χ0n) is 11.1. The summed E-state index contributed by atoms with van der Waals surface area (Å²) < 4.78 is 5.80. The Hall–Kier alpha value is -0.820. The molecule has 1 atom stereocenters. The predicted molar refractivity (Wildman–Crippen MR) is 71.8 cm³/mol. The second kappa shape index (κ2) is 5.68. The van der Waals surface area contributed by atoms with Crippen LogP contribution >= 0.6 is 0 Å². The van der Waals surface area contributed by atoms with Crippen LogP contribution in [0, 0.1) is 11.3 Å².